The van der Waals surface area contributed by atoms with Crippen LogP contribution in [-0.4, -0.2) is 51.8 Å². The van der Waals surface area contributed by atoms with Crippen molar-refractivity contribution in [2.24, 2.45) is 5.73 Å². The van der Waals surface area contributed by atoms with Gasteiger partial charge in [0, 0.05) is 0 Å². The minimum absolute atomic E-state index is 0. The van der Waals surface area contributed by atoms with Crippen LogP contribution < -0.4 is 5.73 Å². The Hall–Kier alpha value is 0.951. The first-order chi connectivity index (χ1) is 1.41. The van der Waals surface area contributed by atoms with E-state index in [0.717, 1.165) is 0 Å². The fraction of sp³-hybridized carbons (Fsp3) is 0. The van der Waals surface area contributed by atoms with E-state index in [1.165, 1.54) is 6.34 Å². The molecule has 0 radical (unpaired) electrons. The monoisotopic (exact) mass is 132 g/mol. The van der Waals surface area contributed by atoms with Crippen molar-refractivity contribution in [3.8, 4) is 0 Å². The van der Waals surface area contributed by atoms with Crippen LogP contribution in [0.3, 0.4) is 0 Å². The van der Waals surface area contributed by atoms with Crippen molar-refractivity contribution in [3.05, 3.63) is 0 Å². The molecule has 0 aliphatic heterocycles. The standard InChI is InChI=1S/CH3N2.Sr.H/c2-1-3;;/h(H3,2,3);;/q-1;+2;-1. The molecule has 0 saturated carbocycles. The average molecular weight is 132 g/mol. The van der Waals surface area contributed by atoms with E-state index >= 15 is 0 Å². The predicted octanol–water partition coefficient (Wildman–Crippen LogP) is -0.839. The van der Waals surface area contributed by atoms with E-state index in [2.05, 4.69) is 5.73 Å². The molecule has 0 bridgehead atoms. The van der Waals surface area contributed by atoms with E-state index in [0.29, 0.717) is 0 Å². The molecule has 4 heavy (non-hydrogen) atoms. The molecule has 3 heteroatoms. The van der Waals surface area contributed by atoms with Gasteiger partial charge in [-0.2, -0.15) is 0 Å². The van der Waals surface area contributed by atoms with Crippen LogP contribution in [0.15, 0.2) is 0 Å². The van der Waals surface area contributed by atoms with Gasteiger partial charge in [0.05, 0.1) is 0 Å². The van der Waals surface area contributed by atoms with Crippen LogP contribution in [0.25, 0.3) is 0 Å². The van der Waals surface area contributed by atoms with Crippen LogP contribution in [0.5, 0.6) is 0 Å². The summed E-state index contributed by atoms with van der Waals surface area (Å²) in [4.78, 5) is 0. The van der Waals surface area contributed by atoms with Crippen molar-refractivity contribution in [2.45, 2.75) is 0 Å². The summed E-state index contributed by atoms with van der Waals surface area (Å²) in [5.74, 6) is 0. The summed E-state index contributed by atoms with van der Waals surface area (Å²) in [6.07, 6.45) is 1.50. The predicted molar refractivity (Wildman–Crippen MR) is 18.8 cm³/mol. The van der Waals surface area contributed by atoms with Crippen LogP contribution in [-0.2, 0) is 0 Å². The van der Waals surface area contributed by atoms with Gasteiger partial charge >= 0.3 is 45.5 Å². The van der Waals surface area contributed by atoms with Gasteiger partial charge in [0.25, 0.3) is 0 Å². The third kappa shape index (κ3) is 12.4. The molecule has 0 rings (SSSR count). The van der Waals surface area contributed by atoms with E-state index in [4.69, 9.17) is 5.41 Å². The minimum Gasteiger partial charge on any atom is -1.00 e. The summed E-state index contributed by atoms with van der Waals surface area (Å²) in [6, 6.07) is 0. The first kappa shape index (κ1) is 8.87. The third-order valence-corrected chi connectivity index (χ3v) is 0. The molecule has 0 aromatic heterocycles. The molecule has 0 heterocycles. The number of hydrogen-bond donors (Lipinski definition) is 2. The Bertz CT molecular complexity index is 17.1. The van der Waals surface area contributed by atoms with E-state index < -0.39 is 0 Å². The molecule has 0 aromatic rings. The molecular formula is CH4N2Sr. The quantitative estimate of drug-likeness (QED) is 0.146. The van der Waals surface area contributed by atoms with E-state index in [-0.39, 0.29) is 46.9 Å². The van der Waals surface area contributed by atoms with Gasteiger partial charge in [-0.3, -0.25) is 0 Å². The molecule has 20 valence electrons. The molecule has 0 unspecified atom stereocenters. The van der Waals surface area contributed by atoms with Crippen molar-refractivity contribution in [1.29, 1.82) is 5.41 Å². The maximum atomic E-state index is 5.74. The Morgan fingerprint density at radius 2 is 2.00 bits per heavy atom. The van der Waals surface area contributed by atoms with Gasteiger partial charge in [-0.15, -0.1) is 0 Å². The van der Waals surface area contributed by atoms with E-state index in [1.807, 2.05) is 0 Å². The molecule has 0 atom stereocenters. The van der Waals surface area contributed by atoms with Gasteiger partial charge in [-0.05, 0) is 0 Å². The molecule has 2 nitrogen and oxygen atoms in total. The van der Waals surface area contributed by atoms with E-state index in [1.54, 1.807) is 0 Å². The third-order valence-electron chi connectivity index (χ3n) is 0. The van der Waals surface area contributed by atoms with Crippen molar-refractivity contribution in [1.82, 2.24) is 0 Å². The first-order valence-electron chi connectivity index (χ1n) is 0.539. The van der Waals surface area contributed by atoms with Gasteiger partial charge in [0.2, 0.25) is 0 Å². The molecule has 0 fully saturated rings. The van der Waals surface area contributed by atoms with Gasteiger partial charge in [-0.1, -0.05) is 0 Å². The maximum Gasteiger partial charge on any atom is 2.00 e. The number of nitrogens with two attached hydrogens (primary N) is 1. The second-order valence-corrected chi connectivity index (χ2v) is 0.144. The molecular weight excluding hydrogens is 128 g/mol. The fourth-order valence-corrected chi connectivity index (χ4v) is 0. The first-order valence-corrected chi connectivity index (χ1v) is 0.539. The Balaban J connectivity index is -0.0000000200. The zero-order chi connectivity index (χ0) is 2.71. The van der Waals surface area contributed by atoms with Gasteiger partial charge in [0.1, 0.15) is 0 Å². The van der Waals surface area contributed by atoms with Gasteiger partial charge < -0.3 is 18.9 Å². The smallest absolute Gasteiger partial charge is 1.00 e. The van der Waals surface area contributed by atoms with Crippen molar-refractivity contribution < 1.29 is 1.43 Å². The van der Waals surface area contributed by atoms with Crippen LogP contribution >= 0.6 is 0 Å². The van der Waals surface area contributed by atoms with E-state index in [9.17, 15) is 0 Å². The van der Waals surface area contributed by atoms with Crippen LogP contribution in [0.4, 0.5) is 0 Å². The Kier molecular flexibility index (Phi) is 20.1. The zero-order valence-corrected chi connectivity index (χ0v) is 5.76. The molecule has 0 saturated heterocycles. The van der Waals surface area contributed by atoms with Crippen LogP contribution in [0.2, 0.25) is 0 Å². The summed E-state index contributed by atoms with van der Waals surface area (Å²) in [5.41, 5.74) is 4.26. The summed E-state index contributed by atoms with van der Waals surface area (Å²) < 4.78 is 0. The van der Waals surface area contributed by atoms with Crippen LogP contribution in [0.1, 0.15) is 1.43 Å². The average Bonchev–Trinajstić information content (AvgIpc) is 0.918. The second-order valence-electron chi connectivity index (χ2n) is 0.144. The zero-order valence-electron chi connectivity index (χ0n) is 3.28. The largest absolute Gasteiger partial charge is 2.00 e. The summed E-state index contributed by atoms with van der Waals surface area (Å²) >= 11 is 0. The maximum absolute atomic E-state index is 5.74. The molecule has 0 aliphatic carbocycles. The molecule has 0 aromatic carbocycles. The SMILES string of the molecule is N=[C-]N.[H-].[Sr+2]. The number of rotatable bonds is 0. The topological polar surface area (TPSA) is 49.9 Å². The molecule has 3 N–H and O–H groups in total. The summed E-state index contributed by atoms with van der Waals surface area (Å²) in [5, 5.41) is 5.74. The van der Waals surface area contributed by atoms with Crippen molar-refractivity contribution >= 4 is 51.8 Å². The second kappa shape index (κ2) is 9.04. The van der Waals surface area contributed by atoms with Gasteiger partial charge in [0.15, 0.2) is 0 Å². The van der Waals surface area contributed by atoms with Crippen molar-refractivity contribution in [2.75, 3.05) is 0 Å². The van der Waals surface area contributed by atoms with Gasteiger partial charge in [-0.25, -0.2) is 0 Å². The summed E-state index contributed by atoms with van der Waals surface area (Å²) in [6.45, 7) is 0. The molecule has 0 aliphatic rings. The van der Waals surface area contributed by atoms with Crippen LogP contribution in [0, 0.1) is 5.41 Å². The number of hydrogen-bond acceptors (Lipinski definition) is 1. The number of nitrogens with one attached hydrogen (secondary N) is 1. The summed E-state index contributed by atoms with van der Waals surface area (Å²) in [7, 11) is 0. The van der Waals surface area contributed by atoms with Crippen molar-refractivity contribution in [3.63, 3.8) is 0 Å². The normalized spacial score (nSPS) is 3.00. The minimum atomic E-state index is 0. The fourth-order valence-electron chi connectivity index (χ4n) is 0. The molecule has 0 spiro atoms. The Morgan fingerprint density at radius 1 is 2.00 bits per heavy atom. The Labute approximate surface area is 63.6 Å². The molecule has 0 amide bonds. The Morgan fingerprint density at radius 3 is 2.00 bits per heavy atom.